The number of amides is 1. The number of rotatable bonds is 7. The second-order valence-corrected chi connectivity index (χ2v) is 9.05. The van der Waals surface area contributed by atoms with E-state index in [4.69, 9.17) is 14.6 Å². The number of fused-ring (bicyclic) bond motifs is 1. The highest BCUT2D eigenvalue weighted by molar-refractivity contribution is 7.89. The van der Waals surface area contributed by atoms with E-state index >= 15 is 0 Å². The lowest BCUT2D eigenvalue weighted by Gasteiger charge is -2.05. The van der Waals surface area contributed by atoms with Crippen molar-refractivity contribution in [3.63, 3.8) is 0 Å². The highest BCUT2D eigenvalue weighted by Gasteiger charge is 2.15. The summed E-state index contributed by atoms with van der Waals surface area (Å²) in [4.78, 5) is 29.0. The van der Waals surface area contributed by atoms with Crippen molar-refractivity contribution >= 4 is 43.5 Å². The van der Waals surface area contributed by atoms with Gasteiger partial charge in [-0.25, -0.2) is 13.6 Å². The van der Waals surface area contributed by atoms with Gasteiger partial charge in [-0.2, -0.15) is 4.99 Å². The molecule has 0 radical (unpaired) electrons. The summed E-state index contributed by atoms with van der Waals surface area (Å²) >= 11 is 1.09. The largest absolute Gasteiger partial charge is 0.497 e. The maximum Gasteiger partial charge on any atom is 0.326 e. The van der Waals surface area contributed by atoms with E-state index in [0.717, 1.165) is 16.9 Å². The Morgan fingerprint density at radius 3 is 2.48 bits per heavy atom. The summed E-state index contributed by atoms with van der Waals surface area (Å²) in [5.74, 6) is -0.238. The van der Waals surface area contributed by atoms with Crippen molar-refractivity contribution in [1.29, 1.82) is 0 Å². The van der Waals surface area contributed by atoms with E-state index in [0.29, 0.717) is 16.0 Å². The number of carbonyl (C=O) groups is 2. The van der Waals surface area contributed by atoms with Gasteiger partial charge in [-0.1, -0.05) is 23.5 Å². The molecular formula is C20H21N3O6S2. The Bertz CT molecular complexity index is 1290. The van der Waals surface area contributed by atoms with Crippen molar-refractivity contribution in [2.75, 3.05) is 13.7 Å². The molecule has 0 bridgehead atoms. The fourth-order valence-corrected chi connectivity index (χ4v) is 4.57. The van der Waals surface area contributed by atoms with E-state index in [1.165, 1.54) is 22.8 Å². The third-order valence-corrected chi connectivity index (χ3v) is 6.26. The van der Waals surface area contributed by atoms with E-state index < -0.39 is 21.9 Å². The predicted octanol–water partition coefficient (Wildman–Crippen LogP) is 1.59. The molecule has 0 aliphatic heterocycles. The minimum absolute atomic E-state index is 0.0556. The van der Waals surface area contributed by atoms with Gasteiger partial charge in [0.05, 0.1) is 35.2 Å². The minimum Gasteiger partial charge on any atom is -0.497 e. The number of methoxy groups -OCH3 is 1. The van der Waals surface area contributed by atoms with Gasteiger partial charge < -0.3 is 14.0 Å². The van der Waals surface area contributed by atoms with Crippen LogP contribution in [0.2, 0.25) is 0 Å². The zero-order valence-corrected chi connectivity index (χ0v) is 18.5. The Hall–Kier alpha value is -3.02. The Kier molecular flexibility index (Phi) is 6.88. The summed E-state index contributed by atoms with van der Waals surface area (Å²) < 4.78 is 35.5. The van der Waals surface area contributed by atoms with Crippen LogP contribution in [0, 0.1) is 0 Å². The molecule has 11 heteroatoms. The van der Waals surface area contributed by atoms with Crippen LogP contribution in [0.4, 0.5) is 0 Å². The first kappa shape index (κ1) is 22.7. The summed E-state index contributed by atoms with van der Waals surface area (Å²) in [6.45, 7) is 1.73. The number of nitrogens with two attached hydrogens (primary N) is 1. The average Bonchev–Trinajstić information content (AvgIpc) is 3.04. The van der Waals surface area contributed by atoms with Gasteiger partial charge in [-0.15, -0.1) is 0 Å². The van der Waals surface area contributed by atoms with Crippen LogP contribution in [0.5, 0.6) is 5.75 Å². The maximum atomic E-state index is 12.6. The first-order valence-electron chi connectivity index (χ1n) is 9.23. The van der Waals surface area contributed by atoms with Gasteiger partial charge in [0.25, 0.3) is 5.91 Å². The van der Waals surface area contributed by atoms with E-state index in [-0.39, 0.29) is 29.3 Å². The number of hydrogen-bond donors (Lipinski definition) is 1. The molecule has 2 N–H and O–H groups in total. The number of esters is 1. The molecule has 164 valence electrons. The van der Waals surface area contributed by atoms with Gasteiger partial charge in [0.1, 0.15) is 12.3 Å². The Labute approximate surface area is 182 Å². The number of benzene rings is 2. The Morgan fingerprint density at radius 1 is 1.16 bits per heavy atom. The third-order valence-electron chi connectivity index (χ3n) is 4.31. The van der Waals surface area contributed by atoms with E-state index in [1.807, 2.05) is 0 Å². The molecule has 0 fully saturated rings. The fraction of sp³-hybridized carbons (Fsp3) is 0.250. The summed E-state index contributed by atoms with van der Waals surface area (Å²) in [5.41, 5.74) is 1.30. The first-order valence-corrected chi connectivity index (χ1v) is 11.6. The Balaban J connectivity index is 2.02. The van der Waals surface area contributed by atoms with Gasteiger partial charge in [0.2, 0.25) is 10.0 Å². The van der Waals surface area contributed by atoms with Crippen molar-refractivity contribution in [1.82, 2.24) is 4.57 Å². The van der Waals surface area contributed by atoms with Crippen LogP contribution in [0.3, 0.4) is 0 Å². The summed E-state index contributed by atoms with van der Waals surface area (Å²) in [5, 5.41) is 5.21. The molecule has 0 saturated carbocycles. The number of sulfonamides is 1. The Morgan fingerprint density at radius 2 is 1.87 bits per heavy atom. The van der Waals surface area contributed by atoms with Crippen LogP contribution in [0.15, 0.2) is 52.4 Å². The molecular weight excluding hydrogens is 442 g/mol. The standard InChI is InChI=1S/C20H21N3O6S2/c1-3-29-19(25)12-23-16-9-8-15(31(21,26)27)11-17(16)30-20(23)22-18(24)10-13-4-6-14(28-2)7-5-13/h4-9,11H,3,10,12H2,1-2H3,(H2,21,26,27). The molecule has 3 aromatic rings. The van der Waals surface area contributed by atoms with Gasteiger partial charge in [-0.05, 0) is 42.8 Å². The van der Waals surface area contributed by atoms with Crippen molar-refractivity contribution in [2.24, 2.45) is 10.1 Å². The van der Waals surface area contributed by atoms with Crippen molar-refractivity contribution in [3.8, 4) is 5.75 Å². The highest BCUT2D eigenvalue weighted by Crippen LogP contribution is 2.21. The van der Waals surface area contributed by atoms with E-state index in [1.54, 1.807) is 38.3 Å². The second kappa shape index (κ2) is 9.41. The number of nitrogens with zero attached hydrogens (tertiary/aromatic N) is 2. The molecule has 3 rings (SSSR count). The second-order valence-electron chi connectivity index (χ2n) is 6.48. The zero-order chi connectivity index (χ0) is 22.6. The summed E-state index contributed by atoms with van der Waals surface area (Å²) in [7, 11) is -2.34. The topological polar surface area (TPSA) is 130 Å². The number of carbonyl (C=O) groups excluding carboxylic acids is 2. The molecule has 0 aliphatic rings. The number of thiazole rings is 1. The quantitative estimate of drug-likeness (QED) is 0.530. The van der Waals surface area contributed by atoms with Gasteiger partial charge in [-0.3, -0.25) is 9.59 Å². The molecule has 0 saturated heterocycles. The first-order chi connectivity index (χ1) is 14.7. The lowest BCUT2D eigenvalue weighted by molar-refractivity contribution is -0.143. The number of aromatic nitrogens is 1. The maximum absolute atomic E-state index is 12.6. The molecule has 1 amide bonds. The van der Waals surface area contributed by atoms with Crippen LogP contribution in [-0.2, 0) is 37.3 Å². The molecule has 0 atom stereocenters. The molecule has 0 aliphatic carbocycles. The molecule has 1 aromatic heterocycles. The van der Waals surface area contributed by atoms with Crippen LogP contribution in [-0.4, -0.2) is 38.6 Å². The third kappa shape index (κ3) is 5.57. The van der Waals surface area contributed by atoms with E-state index in [2.05, 4.69) is 4.99 Å². The fourth-order valence-electron chi connectivity index (χ4n) is 2.87. The number of hydrogen-bond acceptors (Lipinski definition) is 7. The SMILES string of the molecule is CCOC(=O)Cn1c(=NC(=O)Cc2ccc(OC)cc2)sc2cc(S(N)(=O)=O)ccc21. The summed E-state index contributed by atoms with van der Waals surface area (Å²) in [6, 6.07) is 11.3. The molecule has 9 nitrogen and oxygen atoms in total. The lowest BCUT2D eigenvalue weighted by Crippen LogP contribution is -2.23. The van der Waals surface area contributed by atoms with Crippen molar-refractivity contribution in [2.45, 2.75) is 24.8 Å². The normalized spacial score (nSPS) is 12.2. The zero-order valence-electron chi connectivity index (χ0n) is 16.9. The average molecular weight is 464 g/mol. The summed E-state index contributed by atoms with van der Waals surface area (Å²) in [6.07, 6.45) is 0.0556. The van der Waals surface area contributed by atoms with Gasteiger partial charge in [0.15, 0.2) is 4.80 Å². The number of ether oxygens (including phenoxy) is 2. The predicted molar refractivity (Wildman–Crippen MR) is 115 cm³/mol. The highest BCUT2D eigenvalue weighted by atomic mass is 32.2. The van der Waals surface area contributed by atoms with Gasteiger partial charge in [0, 0.05) is 0 Å². The van der Waals surface area contributed by atoms with Crippen LogP contribution < -0.4 is 14.7 Å². The minimum atomic E-state index is -3.90. The lowest BCUT2D eigenvalue weighted by atomic mass is 10.1. The monoisotopic (exact) mass is 463 g/mol. The van der Waals surface area contributed by atoms with Crippen LogP contribution in [0.1, 0.15) is 12.5 Å². The van der Waals surface area contributed by atoms with Crippen LogP contribution >= 0.6 is 11.3 Å². The molecule has 0 unspecified atom stereocenters. The van der Waals surface area contributed by atoms with Crippen molar-refractivity contribution in [3.05, 3.63) is 52.8 Å². The molecule has 1 heterocycles. The molecule has 2 aromatic carbocycles. The molecule has 0 spiro atoms. The molecule has 31 heavy (non-hydrogen) atoms. The van der Waals surface area contributed by atoms with E-state index in [9.17, 15) is 18.0 Å². The van der Waals surface area contributed by atoms with Crippen molar-refractivity contribution < 1.29 is 27.5 Å². The van der Waals surface area contributed by atoms with Crippen LogP contribution in [0.25, 0.3) is 10.2 Å². The van der Waals surface area contributed by atoms with Gasteiger partial charge >= 0.3 is 5.97 Å². The number of primary sulfonamides is 1. The smallest absolute Gasteiger partial charge is 0.326 e.